The quantitative estimate of drug-likeness (QED) is 0.882. The molecule has 2 aromatic rings. The monoisotopic (exact) mass is 367 g/mol. The molecule has 1 aromatic heterocycles. The van der Waals surface area contributed by atoms with E-state index in [9.17, 15) is 9.90 Å². The molecule has 144 valence electrons. The molecule has 0 aliphatic carbocycles. The molecular formula is C22H29N3O2. The number of hydrogen-bond acceptors (Lipinski definition) is 4. The second-order valence-corrected chi connectivity index (χ2v) is 7.44. The molecule has 0 spiro atoms. The summed E-state index contributed by atoms with van der Waals surface area (Å²) in [6, 6.07) is 12.3. The Morgan fingerprint density at radius 3 is 2.70 bits per heavy atom. The predicted molar refractivity (Wildman–Crippen MR) is 107 cm³/mol. The van der Waals surface area contributed by atoms with Gasteiger partial charge in [-0.25, -0.2) is 0 Å². The van der Waals surface area contributed by atoms with E-state index in [1.54, 1.807) is 6.20 Å². The van der Waals surface area contributed by atoms with Crippen LogP contribution in [-0.2, 0) is 6.61 Å². The molecule has 1 amide bonds. The minimum Gasteiger partial charge on any atom is -0.392 e. The zero-order valence-corrected chi connectivity index (χ0v) is 16.4. The molecule has 1 atom stereocenters. The maximum absolute atomic E-state index is 12.9. The Hall–Kier alpha value is -2.24. The summed E-state index contributed by atoms with van der Waals surface area (Å²) < 4.78 is 0. The number of pyridine rings is 1. The molecule has 3 rings (SSSR count). The van der Waals surface area contributed by atoms with Gasteiger partial charge in [0.1, 0.15) is 0 Å². The van der Waals surface area contributed by atoms with Gasteiger partial charge in [0.25, 0.3) is 5.91 Å². The molecule has 0 unspecified atom stereocenters. The van der Waals surface area contributed by atoms with Crippen LogP contribution in [0.4, 0.5) is 0 Å². The van der Waals surface area contributed by atoms with E-state index < -0.39 is 0 Å². The van der Waals surface area contributed by atoms with Crippen molar-refractivity contribution in [2.45, 2.75) is 45.9 Å². The third-order valence-corrected chi connectivity index (χ3v) is 5.37. The van der Waals surface area contributed by atoms with E-state index in [-0.39, 0.29) is 12.5 Å². The second-order valence-electron chi connectivity index (χ2n) is 7.44. The molecule has 0 bridgehead atoms. The van der Waals surface area contributed by atoms with Crippen LogP contribution in [0.3, 0.4) is 0 Å². The van der Waals surface area contributed by atoms with Gasteiger partial charge in [-0.05, 0) is 44.0 Å². The summed E-state index contributed by atoms with van der Waals surface area (Å²) in [5, 5.41) is 9.29. The maximum Gasteiger partial charge on any atom is 0.255 e. The molecule has 5 nitrogen and oxygen atoms in total. The van der Waals surface area contributed by atoms with Crippen molar-refractivity contribution in [3.63, 3.8) is 0 Å². The van der Waals surface area contributed by atoms with Crippen molar-refractivity contribution in [1.29, 1.82) is 0 Å². The Labute approximate surface area is 161 Å². The third-order valence-electron chi connectivity index (χ3n) is 5.37. The Bertz CT molecular complexity index is 773. The fourth-order valence-electron chi connectivity index (χ4n) is 3.80. The maximum atomic E-state index is 12.9. The SMILES string of the molecule is CC[C@@H]1CN(C(=O)c2ccc(-c3cccc(CO)c3)nc2)CCN1C(C)C. The number of carbonyl (C=O) groups excluding carboxylic acids is 1. The molecule has 27 heavy (non-hydrogen) atoms. The van der Waals surface area contributed by atoms with Crippen LogP contribution in [0.1, 0.15) is 43.1 Å². The highest BCUT2D eigenvalue weighted by Crippen LogP contribution is 2.21. The Morgan fingerprint density at radius 2 is 2.07 bits per heavy atom. The van der Waals surface area contributed by atoms with Crippen molar-refractivity contribution in [3.8, 4) is 11.3 Å². The average molecular weight is 367 g/mol. The van der Waals surface area contributed by atoms with Crippen molar-refractivity contribution in [3.05, 3.63) is 53.7 Å². The topological polar surface area (TPSA) is 56.7 Å². The van der Waals surface area contributed by atoms with Crippen LogP contribution < -0.4 is 0 Å². The van der Waals surface area contributed by atoms with Crippen LogP contribution in [0.5, 0.6) is 0 Å². The van der Waals surface area contributed by atoms with Crippen LogP contribution >= 0.6 is 0 Å². The summed E-state index contributed by atoms with van der Waals surface area (Å²) in [5.74, 6) is 0.0556. The van der Waals surface area contributed by atoms with E-state index in [4.69, 9.17) is 0 Å². The number of aliphatic hydroxyl groups excluding tert-OH is 1. The predicted octanol–water partition coefficient (Wildman–Crippen LogP) is 3.19. The molecule has 1 aromatic carbocycles. The van der Waals surface area contributed by atoms with Crippen molar-refractivity contribution >= 4 is 5.91 Å². The zero-order chi connectivity index (χ0) is 19.4. The van der Waals surface area contributed by atoms with E-state index in [0.717, 1.165) is 42.9 Å². The molecule has 5 heteroatoms. The van der Waals surface area contributed by atoms with Gasteiger partial charge in [0.05, 0.1) is 17.9 Å². The number of aliphatic hydroxyl groups is 1. The van der Waals surface area contributed by atoms with Crippen molar-refractivity contribution in [2.24, 2.45) is 0 Å². The standard InChI is InChI=1S/C22H29N3O2/c1-4-20-14-24(10-11-25(20)16(2)3)22(27)19-8-9-21(23-13-19)18-7-5-6-17(12-18)15-26/h5-9,12-13,16,20,26H,4,10-11,14-15H2,1-3H3/t20-/m1/s1. The lowest BCUT2D eigenvalue weighted by atomic mass is 10.1. The largest absolute Gasteiger partial charge is 0.392 e. The van der Waals surface area contributed by atoms with Crippen LogP contribution in [0.25, 0.3) is 11.3 Å². The summed E-state index contributed by atoms with van der Waals surface area (Å²) >= 11 is 0. The molecule has 0 saturated carbocycles. The highest BCUT2D eigenvalue weighted by Gasteiger charge is 2.30. The number of rotatable bonds is 5. The van der Waals surface area contributed by atoms with Gasteiger partial charge in [0, 0.05) is 43.5 Å². The summed E-state index contributed by atoms with van der Waals surface area (Å²) in [7, 11) is 0. The molecule has 1 fully saturated rings. The number of amides is 1. The highest BCUT2D eigenvalue weighted by atomic mass is 16.3. The van der Waals surface area contributed by atoms with Gasteiger partial charge in [-0.15, -0.1) is 0 Å². The molecule has 2 heterocycles. The molecule has 1 aliphatic rings. The summed E-state index contributed by atoms with van der Waals surface area (Å²) in [5.41, 5.74) is 3.23. The lowest BCUT2D eigenvalue weighted by molar-refractivity contribution is 0.0371. The summed E-state index contributed by atoms with van der Waals surface area (Å²) in [4.78, 5) is 21.8. The first-order valence-corrected chi connectivity index (χ1v) is 9.74. The van der Waals surface area contributed by atoms with Gasteiger partial charge >= 0.3 is 0 Å². The fourth-order valence-corrected chi connectivity index (χ4v) is 3.80. The van der Waals surface area contributed by atoms with E-state index in [2.05, 4.69) is 30.7 Å². The number of carbonyl (C=O) groups is 1. The number of hydrogen-bond donors (Lipinski definition) is 1. The second kappa shape index (κ2) is 8.63. The Balaban J connectivity index is 1.72. The van der Waals surface area contributed by atoms with E-state index in [1.165, 1.54) is 0 Å². The average Bonchev–Trinajstić information content (AvgIpc) is 2.72. The van der Waals surface area contributed by atoms with Gasteiger partial charge in [0.2, 0.25) is 0 Å². The molecule has 0 radical (unpaired) electrons. The van der Waals surface area contributed by atoms with Crippen LogP contribution in [0, 0.1) is 0 Å². The van der Waals surface area contributed by atoms with Gasteiger partial charge in [0.15, 0.2) is 0 Å². The van der Waals surface area contributed by atoms with E-state index in [0.29, 0.717) is 17.6 Å². The number of aromatic nitrogens is 1. The van der Waals surface area contributed by atoms with Gasteiger partial charge in [-0.2, -0.15) is 0 Å². The normalized spacial score (nSPS) is 18.1. The highest BCUT2D eigenvalue weighted by molar-refractivity contribution is 5.94. The third kappa shape index (κ3) is 4.37. The number of benzene rings is 1. The van der Waals surface area contributed by atoms with Crippen molar-refractivity contribution in [1.82, 2.24) is 14.8 Å². The minimum atomic E-state index is 0.00532. The lowest BCUT2D eigenvalue weighted by Gasteiger charge is -2.43. The number of piperazine rings is 1. The van der Waals surface area contributed by atoms with Gasteiger partial charge in [-0.1, -0.05) is 25.1 Å². The van der Waals surface area contributed by atoms with Crippen LogP contribution in [0.2, 0.25) is 0 Å². The smallest absolute Gasteiger partial charge is 0.255 e. The molecular weight excluding hydrogens is 338 g/mol. The summed E-state index contributed by atoms with van der Waals surface area (Å²) in [6.07, 6.45) is 2.71. The van der Waals surface area contributed by atoms with E-state index in [1.807, 2.05) is 41.3 Å². The van der Waals surface area contributed by atoms with Crippen molar-refractivity contribution in [2.75, 3.05) is 19.6 Å². The lowest BCUT2D eigenvalue weighted by Crippen LogP contribution is -2.56. The zero-order valence-electron chi connectivity index (χ0n) is 16.4. The first kappa shape index (κ1) is 19.5. The molecule has 1 saturated heterocycles. The first-order chi connectivity index (χ1) is 13.0. The Kier molecular flexibility index (Phi) is 6.24. The van der Waals surface area contributed by atoms with Crippen LogP contribution in [-0.4, -0.2) is 57.5 Å². The van der Waals surface area contributed by atoms with Crippen molar-refractivity contribution < 1.29 is 9.90 Å². The van der Waals surface area contributed by atoms with Crippen LogP contribution in [0.15, 0.2) is 42.6 Å². The molecule has 1 N–H and O–H groups in total. The number of nitrogens with zero attached hydrogens (tertiary/aromatic N) is 3. The fraction of sp³-hybridized carbons (Fsp3) is 0.455. The van der Waals surface area contributed by atoms with Gasteiger partial charge in [-0.3, -0.25) is 14.7 Å². The van der Waals surface area contributed by atoms with Gasteiger partial charge < -0.3 is 10.0 Å². The summed E-state index contributed by atoms with van der Waals surface area (Å²) in [6.45, 7) is 9.07. The molecule has 1 aliphatic heterocycles. The minimum absolute atomic E-state index is 0.00532. The van der Waals surface area contributed by atoms with E-state index >= 15 is 0 Å². The Morgan fingerprint density at radius 1 is 1.26 bits per heavy atom. The first-order valence-electron chi connectivity index (χ1n) is 9.74.